The van der Waals surface area contributed by atoms with Crippen LogP contribution in [0.1, 0.15) is 0 Å². The van der Waals surface area contributed by atoms with Crippen molar-refractivity contribution in [2.24, 2.45) is 5.10 Å². The van der Waals surface area contributed by atoms with Crippen molar-refractivity contribution in [2.75, 3.05) is 0 Å². The number of amides is 1. The molecular formula is C2HN2O. The lowest BCUT2D eigenvalue weighted by Gasteiger charge is -1.66. The quantitative estimate of drug-likeness (QED) is 0.374. The Kier molecular flexibility index (Phi) is 0.259. The van der Waals surface area contributed by atoms with Gasteiger partial charge in [0.25, 0.3) is 0 Å². The van der Waals surface area contributed by atoms with Crippen molar-refractivity contribution in [3.05, 3.63) is 0 Å². The summed E-state index contributed by atoms with van der Waals surface area (Å²) in [5, 5.41) is 4.31. The van der Waals surface area contributed by atoms with Crippen LogP contribution >= 0.6 is 0 Å². The number of nitrogens with zero attached hydrogens (tertiary/aromatic N) is 2. The average molecular weight is 69.0 g/mol. The van der Waals surface area contributed by atoms with Gasteiger partial charge in [0, 0.05) is 0 Å². The van der Waals surface area contributed by atoms with E-state index in [2.05, 4.69) is 11.4 Å². The fourth-order valence-electron chi connectivity index (χ4n) is 0.0730. The Morgan fingerprint density at radius 1 is 2.00 bits per heavy atom. The summed E-state index contributed by atoms with van der Waals surface area (Å²) in [6.45, 7) is 0. The van der Waals surface area contributed by atoms with Crippen molar-refractivity contribution in [2.45, 2.75) is 0 Å². The SMILES string of the molecule is O=CN1[C]=N1. The summed E-state index contributed by atoms with van der Waals surface area (Å²) in [6, 6.07) is 0. The molecule has 1 radical (unpaired) electrons. The lowest BCUT2D eigenvalue weighted by atomic mass is 11.2. The zero-order valence-electron chi connectivity index (χ0n) is 2.38. The van der Waals surface area contributed by atoms with Crippen LogP contribution in [0.5, 0.6) is 0 Å². The van der Waals surface area contributed by atoms with Gasteiger partial charge in [-0.2, -0.15) is 5.01 Å². The van der Waals surface area contributed by atoms with Crippen LogP contribution < -0.4 is 0 Å². The molecule has 0 aromatic heterocycles. The lowest BCUT2D eigenvalue weighted by Crippen LogP contribution is -1.88. The van der Waals surface area contributed by atoms with E-state index in [4.69, 9.17) is 0 Å². The molecule has 0 saturated heterocycles. The Hall–Kier alpha value is -0.860. The predicted octanol–water partition coefficient (Wildman–Crippen LogP) is -0.721. The number of hydrazone groups is 1. The largest absolute Gasteiger partial charge is 0.276 e. The molecule has 0 saturated carbocycles. The Labute approximate surface area is 28.9 Å². The Bertz CT molecular complexity index is 71.7. The van der Waals surface area contributed by atoms with Gasteiger partial charge in [0.05, 0.1) is 0 Å². The topological polar surface area (TPSA) is 32.4 Å². The molecule has 25 valence electrons. The van der Waals surface area contributed by atoms with E-state index < -0.39 is 0 Å². The number of hydrogen-bond acceptors (Lipinski definition) is 2. The van der Waals surface area contributed by atoms with Gasteiger partial charge in [-0.1, -0.05) is 0 Å². The summed E-state index contributed by atoms with van der Waals surface area (Å²) in [5.41, 5.74) is 0. The van der Waals surface area contributed by atoms with E-state index in [9.17, 15) is 4.79 Å². The highest BCUT2D eigenvalue weighted by atomic mass is 16.2. The first-order valence-electron chi connectivity index (χ1n) is 1.14. The third-order valence-electron chi connectivity index (χ3n) is 0.315. The summed E-state index contributed by atoms with van der Waals surface area (Å²) in [6.07, 6.45) is 2.86. The molecule has 0 unspecified atom stereocenters. The van der Waals surface area contributed by atoms with Crippen LogP contribution in [0.15, 0.2) is 5.10 Å². The van der Waals surface area contributed by atoms with Gasteiger partial charge in [0.1, 0.15) is 0 Å². The van der Waals surface area contributed by atoms with Crippen molar-refractivity contribution in [3.63, 3.8) is 0 Å². The third kappa shape index (κ3) is 0.238. The van der Waals surface area contributed by atoms with Crippen molar-refractivity contribution >= 4 is 12.7 Å². The molecule has 1 aliphatic rings. The molecule has 0 aromatic carbocycles. The minimum atomic E-state index is 0.583. The Morgan fingerprint density at radius 3 is 2.60 bits per heavy atom. The maximum atomic E-state index is 9.34. The zero-order valence-corrected chi connectivity index (χ0v) is 2.38. The van der Waals surface area contributed by atoms with Crippen LogP contribution in [0, 0.1) is 0 Å². The van der Waals surface area contributed by atoms with Gasteiger partial charge in [-0.05, 0) is 0 Å². The molecule has 1 heterocycles. The van der Waals surface area contributed by atoms with Crippen molar-refractivity contribution in [3.8, 4) is 0 Å². The highest BCUT2D eigenvalue weighted by molar-refractivity contribution is 5.80. The van der Waals surface area contributed by atoms with Gasteiger partial charge in [-0.15, -0.1) is 5.10 Å². The van der Waals surface area contributed by atoms with E-state index in [1.807, 2.05) is 0 Å². The van der Waals surface area contributed by atoms with Gasteiger partial charge in [-0.25, -0.2) is 0 Å². The van der Waals surface area contributed by atoms with Gasteiger partial charge in [0.2, 0.25) is 12.7 Å². The molecule has 1 rings (SSSR count). The highest BCUT2D eigenvalue weighted by Crippen LogP contribution is 1.88. The van der Waals surface area contributed by atoms with Gasteiger partial charge < -0.3 is 0 Å². The molecule has 0 aromatic rings. The first kappa shape index (κ1) is 2.38. The summed E-state index contributed by atoms with van der Waals surface area (Å²) in [7, 11) is 0. The van der Waals surface area contributed by atoms with Crippen molar-refractivity contribution < 1.29 is 4.79 Å². The van der Waals surface area contributed by atoms with Crippen LogP contribution in [-0.2, 0) is 4.79 Å². The number of carbonyl (C=O) groups excluding carboxylic acids is 1. The van der Waals surface area contributed by atoms with E-state index in [-0.39, 0.29) is 0 Å². The minimum Gasteiger partial charge on any atom is -0.276 e. The monoisotopic (exact) mass is 69.0 g/mol. The molecule has 1 aliphatic heterocycles. The average Bonchev–Trinajstić information content (AvgIpc) is 2.12. The molecule has 0 N–H and O–H groups in total. The normalized spacial score (nSPS) is 15.6. The predicted molar refractivity (Wildman–Crippen MR) is 15.3 cm³/mol. The molecule has 1 amide bonds. The standard InChI is InChI=1S/C2HN2O/c5-2-4-1-3-4/h2H. The molecule has 0 fully saturated rings. The van der Waals surface area contributed by atoms with Crippen LogP contribution in [0.4, 0.5) is 0 Å². The minimum absolute atomic E-state index is 0.583. The van der Waals surface area contributed by atoms with Crippen molar-refractivity contribution in [1.29, 1.82) is 0 Å². The second-order valence-corrected chi connectivity index (χ2v) is 0.650. The molecule has 0 spiro atoms. The number of hydrogen-bond donors (Lipinski definition) is 0. The molecule has 0 aliphatic carbocycles. The van der Waals surface area contributed by atoms with E-state index in [0.717, 1.165) is 5.01 Å². The third-order valence-corrected chi connectivity index (χ3v) is 0.315. The summed E-state index contributed by atoms with van der Waals surface area (Å²) < 4.78 is 0. The Balaban J connectivity index is 2.28. The second-order valence-electron chi connectivity index (χ2n) is 0.650. The summed E-state index contributed by atoms with van der Waals surface area (Å²) in [5.74, 6) is 0. The highest BCUT2D eigenvalue weighted by Gasteiger charge is 2.03. The van der Waals surface area contributed by atoms with Crippen LogP contribution in [0.2, 0.25) is 0 Å². The molecule has 3 nitrogen and oxygen atoms in total. The zero-order chi connectivity index (χ0) is 3.70. The number of carbonyl (C=O) groups is 1. The van der Waals surface area contributed by atoms with Crippen molar-refractivity contribution in [1.82, 2.24) is 5.01 Å². The first-order chi connectivity index (χ1) is 2.43. The first-order valence-corrected chi connectivity index (χ1v) is 1.14. The maximum absolute atomic E-state index is 9.34. The van der Waals surface area contributed by atoms with Crippen LogP contribution in [0.3, 0.4) is 0 Å². The lowest BCUT2D eigenvalue weighted by molar-refractivity contribution is -0.113. The maximum Gasteiger partial charge on any atom is 0.236 e. The van der Waals surface area contributed by atoms with Gasteiger partial charge in [0.15, 0.2) is 0 Å². The van der Waals surface area contributed by atoms with E-state index in [1.165, 1.54) is 0 Å². The van der Waals surface area contributed by atoms with Gasteiger partial charge in [-0.3, -0.25) is 4.79 Å². The molecule has 5 heavy (non-hydrogen) atoms. The van der Waals surface area contributed by atoms with E-state index in [1.54, 1.807) is 0 Å². The fraction of sp³-hybridized carbons (Fsp3) is 0. The molecule has 3 heteroatoms. The molecule has 0 bridgehead atoms. The summed E-state index contributed by atoms with van der Waals surface area (Å²) >= 11 is 0. The molecular weight excluding hydrogens is 68.0 g/mol. The summed E-state index contributed by atoms with van der Waals surface area (Å²) in [4.78, 5) is 9.34. The fourth-order valence-corrected chi connectivity index (χ4v) is 0.0730. The van der Waals surface area contributed by atoms with Crippen LogP contribution in [0.25, 0.3) is 0 Å². The molecule has 0 atom stereocenters. The van der Waals surface area contributed by atoms with E-state index in [0.29, 0.717) is 6.41 Å². The van der Waals surface area contributed by atoms with Crippen LogP contribution in [-0.4, -0.2) is 17.8 Å². The van der Waals surface area contributed by atoms with Gasteiger partial charge >= 0.3 is 0 Å². The van der Waals surface area contributed by atoms with E-state index >= 15 is 0 Å². The Morgan fingerprint density at radius 2 is 2.60 bits per heavy atom. The number of rotatable bonds is 1. The second kappa shape index (κ2) is 0.544. The smallest absolute Gasteiger partial charge is 0.236 e.